The standard InChI is InChI=1S/C39H23N3S/c1-2-9-27(10-3-1)37-40-38(29-18-14-24-8-4-5-11-28(24)22-29)42-39(41-37)30-19-16-25-15-17-26-20-21-32-31-12-6-7-13-34(31)43-36(32)35(26)33(25)23-30/h1-23H. The maximum atomic E-state index is 5.07. The SMILES string of the molecule is c1ccc(-c2nc(-c3ccc4ccccc4c3)nc(-c3ccc4ccc5ccc6c7ccccc7sc6c5c4c3)n2)cc1. The Labute approximate surface area is 251 Å². The Bertz CT molecular complexity index is 2510. The average molecular weight is 566 g/mol. The molecular formula is C39H23N3S. The Balaban J connectivity index is 1.30. The molecule has 0 N–H and O–H groups in total. The summed E-state index contributed by atoms with van der Waals surface area (Å²) in [5.41, 5.74) is 2.91. The van der Waals surface area contributed by atoms with E-state index in [1.54, 1.807) is 0 Å². The van der Waals surface area contributed by atoms with Gasteiger partial charge in [0.1, 0.15) is 0 Å². The van der Waals surface area contributed by atoms with Gasteiger partial charge in [0.15, 0.2) is 17.5 Å². The van der Waals surface area contributed by atoms with Crippen molar-refractivity contribution in [3.63, 3.8) is 0 Å². The molecule has 0 unspecified atom stereocenters. The smallest absolute Gasteiger partial charge is 0.164 e. The van der Waals surface area contributed by atoms with Crippen molar-refractivity contribution >= 4 is 63.8 Å². The van der Waals surface area contributed by atoms with Crippen LogP contribution in [0.15, 0.2) is 140 Å². The molecule has 43 heavy (non-hydrogen) atoms. The second-order valence-corrected chi connectivity index (χ2v) is 11.9. The summed E-state index contributed by atoms with van der Waals surface area (Å²) in [5.74, 6) is 2.00. The average Bonchev–Trinajstić information content (AvgIpc) is 3.47. The van der Waals surface area contributed by atoms with Gasteiger partial charge in [-0.3, -0.25) is 0 Å². The molecule has 0 saturated carbocycles. The van der Waals surface area contributed by atoms with Crippen LogP contribution in [0.5, 0.6) is 0 Å². The number of benzene rings is 7. The monoisotopic (exact) mass is 565 g/mol. The van der Waals surface area contributed by atoms with Gasteiger partial charge >= 0.3 is 0 Å². The molecule has 0 bridgehead atoms. The third-order valence-corrected chi connectivity index (χ3v) is 9.48. The van der Waals surface area contributed by atoms with Crippen LogP contribution in [0.1, 0.15) is 0 Å². The first-order valence-electron chi connectivity index (χ1n) is 14.4. The van der Waals surface area contributed by atoms with Gasteiger partial charge in [0.2, 0.25) is 0 Å². The molecule has 0 atom stereocenters. The highest BCUT2D eigenvalue weighted by atomic mass is 32.1. The number of thiophene rings is 1. The lowest BCUT2D eigenvalue weighted by atomic mass is 9.98. The van der Waals surface area contributed by atoms with Gasteiger partial charge in [-0.2, -0.15) is 0 Å². The van der Waals surface area contributed by atoms with E-state index in [2.05, 4.69) is 121 Å². The van der Waals surface area contributed by atoms with Gasteiger partial charge in [-0.05, 0) is 45.1 Å². The fourth-order valence-corrected chi connectivity index (χ4v) is 7.41. The molecule has 0 aliphatic rings. The highest BCUT2D eigenvalue weighted by Gasteiger charge is 2.15. The maximum Gasteiger partial charge on any atom is 0.164 e. The minimum atomic E-state index is 0.665. The zero-order valence-corrected chi connectivity index (χ0v) is 23.8. The molecule has 9 rings (SSSR count). The van der Waals surface area contributed by atoms with E-state index >= 15 is 0 Å². The van der Waals surface area contributed by atoms with E-state index in [-0.39, 0.29) is 0 Å². The first kappa shape index (κ1) is 24.2. The summed E-state index contributed by atoms with van der Waals surface area (Å²) in [6.07, 6.45) is 0. The molecule has 3 nitrogen and oxygen atoms in total. The van der Waals surface area contributed by atoms with Crippen LogP contribution in [0.2, 0.25) is 0 Å². The lowest BCUT2D eigenvalue weighted by molar-refractivity contribution is 1.08. The molecule has 0 saturated heterocycles. The van der Waals surface area contributed by atoms with Gasteiger partial charge in [0.05, 0.1) is 0 Å². The van der Waals surface area contributed by atoms with Crippen molar-refractivity contribution in [3.8, 4) is 34.2 Å². The predicted molar refractivity (Wildman–Crippen MR) is 182 cm³/mol. The minimum absolute atomic E-state index is 0.665. The minimum Gasteiger partial charge on any atom is -0.208 e. The number of hydrogen-bond acceptors (Lipinski definition) is 4. The van der Waals surface area contributed by atoms with Crippen LogP contribution < -0.4 is 0 Å². The lowest BCUT2D eigenvalue weighted by Crippen LogP contribution is -2.00. The fourth-order valence-electron chi connectivity index (χ4n) is 6.14. The van der Waals surface area contributed by atoms with Crippen molar-refractivity contribution < 1.29 is 0 Å². The molecule has 200 valence electrons. The second-order valence-electron chi connectivity index (χ2n) is 10.9. The van der Waals surface area contributed by atoms with E-state index < -0.39 is 0 Å². The lowest BCUT2D eigenvalue weighted by Gasteiger charge is -2.11. The highest BCUT2D eigenvalue weighted by molar-refractivity contribution is 7.26. The molecule has 0 spiro atoms. The van der Waals surface area contributed by atoms with Crippen molar-refractivity contribution in [3.05, 3.63) is 140 Å². The summed E-state index contributed by atoms with van der Waals surface area (Å²) in [7, 11) is 0. The Morgan fingerprint density at radius 1 is 0.372 bits per heavy atom. The van der Waals surface area contributed by atoms with E-state index in [1.165, 1.54) is 47.1 Å². The molecule has 7 aromatic carbocycles. The summed E-state index contributed by atoms with van der Waals surface area (Å²) in [5, 5.41) is 9.89. The largest absolute Gasteiger partial charge is 0.208 e. The summed E-state index contributed by atoms with van der Waals surface area (Å²) < 4.78 is 2.63. The van der Waals surface area contributed by atoms with E-state index in [0.29, 0.717) is 17.5 Å². The van der Waals surface area contributed by atoms with E-state index in [9.17, 15) is 0 Å². The molecule has 0 radical (unpaired) electrons. The van der Waals surface area contributed by atoms with Crippen LogP contribution >= 0.6 is 11.3 Å². The van der Waals surface area contributed by atoms with Crippen LogP contribution in [-0.4, -0.2) is 15.0 Å². The second kappa shape index (κ2) is 9.55. The van der Waals surface area contributed by atoms with Crippen molar-refractivity contribution in [1.29, 1.82) is 0 Å². The van der Waals surface area contributed by atoms with Crippen molar-refractivity contribution in [1.82, 2.24) is 15.0 Å². The maximum absolute atomic E-state index is 5.07. The number of rotatable bonds is 3. The van der Waals surface area contributed by atoms with Crippen LogP contribution in [0.25, 0.3) is 86.7 Å². The zero-order valence-electron chi connectivity index (χ0n) is 23.0. The highest BCUT2D eigenvalue weighted by Crippen LogP contribution is 2.41. The molecule has 2 heterocycles. The molecule has 0 aliphatic heterocycles. The quantitative estimate of drug-likeness (QED) is 0.200. The number of aromatic nitrogens is 3. The molecule has 0 fully saturated rings. The number of hydrogen-bond donors (Lipinski definition) is 0. The van der Waals surface area contributed by atoms with Gasteiger partial charge < -0.3 is 0 Å². The van der Waals surface area contributed by atoms with Crippen LogP contribution in [0.4, 0.5) is 0 Å². The summed E-state index contributed by atoms with van der Waals surface area (Å²) in [4.78, 5) is 15.1. The van der Waals surface area contributed by atoms with E-state index in [1.807, 2.05) is 29.5 Å². The van der Waals surface area contributed by atoms with Crippen molar-refractivity contribution in [2.24, 2.45) is 0 Å². The Morgan fingerprint density at radius 2 is 0.977 bits per heavy atom. The van der Waals surface area contributed by atoms with Gasteiger partial charge in [-0.25, -0.2) is 15.0 Å². The Kier molecular flexibility index (Phi) is 5.37. The van der Waals surface area contributed by atoms with Gasteiger partial charge in [0.25, 0.3) is 0 Å². The first-order valence-corrected chi connectivity index (χ1v) is 15.2. The predicted octanol–water partition coefficient (Wildman–Crippen LogP) is 10.7. The number of fused-ring (bicyclic) bond motifs is 8. The molecular weight excluding hydrogens is 543 g/mol. The summed E-state index contributed by atoms with van der Waals surface area (Å²) >= 11 is 1.87. The van der Waals surface area contributed by atoms with Crippen LogP contribution in [0.3, 0.4) is 0 Å². The third kappa shape index (κ3) is 3.99. The zero-order chi connectivity index (χ0) is 28.3. The Hall–Kier alpha value is -5.45. The molecule has 2 aromatic heterocycles. The normalized spacial score (nSPS) is 11.7. The fraction of sp³-hybridized carbons (Fsp3) is 0. The van der Waals surface area contributed by atoms with Crippen LogP contribution in [-0.2, 0) is 0 Å². The molecule has 0 amide bonds. The van der Waals surface area contributed by atoms with E-state index in [4.69, 9.17) is 15.0 Å². The van der Waals surface area contributed by atoms with Crippen molar-refractivity contribution in [2.45, 2.75) is 0 Å². The summed E-state index contributed by atoms with van der Waals surface area (Å²) in [6, 6.07) is 49.1. The van der Waals surface area contributed by atoms with Crippen LogP contribution in [0, 0.1) is 0 Å². The van der Waals surface area contributed by atoms with E-state index in [0.717, 1.165) is 22.1 Å². The topological polar surface area (TPSA) is 38.7 Å². The first-order chi connectivity index (χ1) is 21.3. The van der Waals surface area contributed by atoms with Crippen molar-refractivity contribution in [2.75, 3.05) is 0 Å². The molecule has 4 heteroatoms. The van der Waals surface area contributed by atoms with Gasteiger partial charge in [0, 0.05) is 42.2 Å². The summed E-state index contributed by atoms with van der Waals surface area (Å²) in [6.45, 7) is 0. The Morgan fingerprint density at radius 3 is 1.81 bits per heavy atom. The molecule has 9 aromatic rings. The molecule has 0 aliphatic carbocycles. The number of nitrogens with zero attached hydrogens (tertiary/aromatic N) is 3. The van der Waals surface area contributed by atoms with Gasteiger partial charge in [-0.1, -0.05) is 121 Å². The third-order valence-electron chi connectivity index (χ3n) is 8.28. The van der Waals surface area contributed by atoms with Gasteiger partial charge in [-0.15, -0.1) is 11.3 Å².